The van der Waals surface area contributed by atoms with E-state index in [9.17, 15) is 0 Å². The molecule has 184 valence electrons. The molecule has 2 saturated carbocycles. The Morgan fingerprint density at radius 3 is 0.970 bits per heavy atom. The molecule has 4 rings (SSSR count). The molecule has 4 aliphatic rings. The average Bonchev–Trinajstić information content (AvgIpc) is 3.23. The van der Waals surface area contributed by atoms with Crippen LogP contribution in [0.4, 0.5) is 0 Å². The highest BCUT2D eigenvalue weighted by molar-refractivity contribution is 6.80. The van der Waals surface area contributed by atoms with Crippen molar-refractivity contribution in [2.45, 2.75) is 107 Å². The van der Waals surface area contributed by atoms with Gasteiger partial charge in [0.05, 0.1) is 8.07 Å². The average molecular weight is 465 g/mol. The lowest BCUT2D eigenvalue weighted by molar-refractivity contribution is 0.352. The Morgan fingerprint density at radius 2 is 0.667 bits per heavy atom. The monoisotopic (exact) mass is 464 g/mol. The Balaban J connectivity index is 1.96. The number of fused-ring (bicyclic) bond motifs is 3. The normalized spacial score (nSPS) is 44.2. The van der Waals surface area contributed by atoms with E-state index < -0.39 is 8.07 Å². The molecule has 0 radical (unpaired) electrons. The summed E-state index contributed by atoms with van der Waals surface area (Å²) in [6.45, 7) is 35.6. The zero-order valence-electron chi connectivity index (χ0n) is 24.3. The van der Waals surface area contributed by atoms with Gasteiger partial charge >= 0.3 is 0 Å². The summed E-state index contributed by atoms with van der Waals surface area (Å²) in [5.74, 6) is 6.30. The van der Waals surface area contributed by atoms with Gasteiger partial charge in [0, 0.05) is 0 Å². The molecule has 7 unspecified atom stereocenters. The molecule has 1 heteroatoms. The molecule has 0 amide bonds. The highest BCUT2D eigenvalue weighted by atomic mass is 28.3. The van der Waals surface area contributed by atoms with E-state index in [1.165, 1.54) is 0 Å². The lowest BCUT2D eigenvalue weighted by Gasteiger charge is -2.48. The fraction of sp³-hybridized carbons (Fsp3) is 0.750. The highest BCUT2D eigenvalue weighted by Gasteiger charge is 2.63. The van der Waals surface area contributed by atoms with Crippen molar-refractivity contribution in [3.8, 4) is 0 Å². The Labute approximate surface area is 207 Å². The molecule has 0 N–H and O–H groups in total. The molecular weight excluding hydrogens is 412 g/mol. The summed E-state index contributed by atoms with van der Waals surface area (Å²) in [6, 6.07) is 0. The maximum Gasteiger partial charge on any atom is 0.0553 e. The molecule has 0 bridgehead atoms. The van der Waals surface area contributed by atoms with Crippen molar-refractivity contribution in [3.05, 3.63) is 44.6 Å². The van der Waals surface area contributed by atoms with Crippen LogP contribution in [-0.4, -0.2) is 8.07 Å². The van der Waals surface area contributed by atoms with Crippen molar-refractivity contribution in [2.75, 3.05) is 0 Å². The van der Waals surface area contributed by atoms with Gasteiger partial charge in [-0.25, -0.2) is 0 Å². The topological polar surface area (TPSA) is 0 Å². The van der Waals surface area contributed by atoms with Gasteiger partial charge < -0.3 is 0 Å². The van der Waals surface area contributed by atoms with Crippen molar-refractivity contribution in [2.24, 2.45) is 47.3 Å². The van der Waals surface area contributed by atoms with Crippen LogP contribution >= 0.6 is 0 Å². The van der Waals surface area contributed by atoms with E-state index in [0.29, 0.717) is 11.8 Å². The molecule has 0 aliphatic heterocycles. The van der Waals surface area contributed by atoms with Gasteiger partial charge in [0.1, 0.15) is 0 Å². The van der Waals surface area contributed by atoms with Crippen LogP contribution in [-0.2, 0) is 0 Å². The predicted octanol–water partition coefficient (Wildman–Crippen LogP) is 9.84. The third-order valence-corrected chi connectivity index (χ3v) is 18.0. The van der Waals surface area contributed by atoms with Gasteiger partial charge in [0.2, 0.25) is 0 Å². The molecular formula is C32H52Si. The van der Waals surface area contributed by atoms with E-state index >= 15 is 0 Å². The first-order valence-corrected chi connectivity index (χ1v) is 17.0. The van der Waals surface area contributed by atoms with Crippen LogP contribution in [0.3, 0.4) is 0 Å². The standard InChI is InChI=1S/C32H52Si/c1-15-17(3)23(9)29-27(21(15)7)28-22(8)16(2)18(4)24(10)30(28)32(29)33(13,14)31-25(11)19(5)20(6)26(31)12/h19-20,25-32H,1-14H3/t19-,20+,25?,26?,27?,28?,29?,30?,31?,32?. The zero-order valence-corrected chi connectivity index (χ0v) is 25.3. The Kier molecular flexibility index (Phi) is 6.21. The smallest absolute Gasteiger partial charge is 0.0553 e. The van der Waals surface area contributed by atoms with Crippen LogP contribution in [0, 0.1) is 47.3 Å². The maximum atomic E-state index is 2.83. The largest absolute Gasteiger partial charge is 0.0689 e. The zero-order chi connectivity index (χ0) is 24.9. The first-order valence-electron chi connectivity index (χ1n) is 13.9. The molecule has 0 heterocycles. The van der Waals surface area contributed by atoms with Gasteiger partial charge in [0.25, 0.3) is 0 Å². The van der Waals surface area contributed by atoms with E-state index in [-0.39, 0.29) is 0 Å². The molecule has 0 aromatic rings. The summed E-state index contributed by atoms with van der Waals surface area (Å²) in [6.07, 6.45) is 0. The summed E-state index contributed by atoms with van der Waals surface area (Å²) in [5, 5.41) is 0. The summed E-state index contributed by atoms with van der Waals surface area (Å²) in [7, 11) is -1.62. The predicted molar refractivity (Wildman–Crippen MR) is 149 cm³/mol. The Hall–Kier alpha value is -0.823. The highest BCUT2D eigenvalue weighted by Crippen LogP contribution is 2.70. The fourth-order valence-corrected chi connectivity index (χ4v) is 16.6. The van der Waals surface area contributed by atoms with Gasteiger partial charge in [-0.05, 0) is 136 Å². The molecule has 0 aromatic carbocycles. The van der Waals surface area contributed by atoms with E-state index in [1.54, 1.807) is 44.6 Å². The van der Waals surface area contributed by atoms with Gasteiger partial charge in [-0.15, -0.1) is 0 Å². The van der Waals surface area contributed by atoms with Crippen LogP contribution < -0.4 is 0 Å². The van der Waals surface area contributed by atoms with Gasteiger partial charge in [-0.2, -0.15) is 0 Å². The summed E-state index contributed by atoms with van der Waals surface area (Å²) >= 11 is 0. The van der Waals surface area contributed by atoms with E-state index in [0.717, 1.165) is 46.6 Å². The Morgan fingerprint density at radius 1 is 0.394 bits per heavy atom. The summed E-state index contributed by atoms with van der Waals surface area (Å²) in [5.41, 5.74) is 15.0. The second kappa shape index (κ2) is 8.11. The molecule has 0 nitrogen and oxygen atoms in total. The van der Waals surface area contributed by atoms with Crippen LogP contribution in [0.15, 0.2) is 44.6 Å². The minimum Gasteiger partial charge on any atom is -0.0689 e. The van der Waals surface area contributed by atoms with Crippen LogP contribution in [0.2, 0.25) is 24.2 Å². The van der Waals surface area contributed by atoms with Gasteiger partial charge in [0.15, 0.2) is 0 Å². The second-order valence-electron chi connectivity index (χ2n) is 13.6. The molecule has 0 spiro atoms. The summed E-state index contributed by atoms with van der Waals surface area (Å²) < 4.78 is 0. The van der Waals surface area contributed by atoms with Crippen molar-refractivity contribution < 1.29 is 0 Å². The minimum absolute atomic E-state index is 0.704. The number of allylic oxidation sites excluding steroid dienone is 8. The SMILES string of the molecule is CC1=C(C)C2C3C(C)=C(C)C(C)=C(C)C3C([Si](C)(C)C3C(C)[C@@H](C)[C@@H](C)C3C)C2C(C)=C1C. The number of hydrogen-bond acceptors (Lipinski definition) is 0. The van der Waals surface area contributed by atoms with E-state index in [1.807, 2.05) is 0 Å². The number of hydrogen-bond donors (Lipinski definition) is 0. The maximum absolute atomic E-state index is 2.83. The van der Waals surface area contributed by atoms with Crippen LogP contribution in [0.25, 0.3) is 0 Å². The van der Waals surface area contributed by atoms with Gasteiger partial charge in [-0.3, -0.25) is 0 Å². The molecule has 33 heavy (non-hydrogen) atoms. The van der Waals surface area contributed by atoms with E-state index in [2.05, 4.69) is 96.2 Å². The quantitative estimate of drug-likeness (QED) is 0.357. The summed E-state index contributed by atoms with van der Waals surface area (Å²) in [4.78, 5) is 0. The number of rotatable bonds is 2. The fourth-order valence-electron chi connectivity index (χ4n) is 10.0. The van der Waals surface area contributed by atoms with Crippen LogP contribution in [0.1, 0.15) is 83.1 Å². The molecule has 2 fully saturated rings. The first-order chi connectivity index (χ1) is 15.2. The van der Waals surface area contributed by atoms with Crippen LogP contribution in [0.5, 0.6) is 0 Å². The lowest BCUT2D eigenvalue weighted by Crippen LogP contribution is -2.47. The van der Waals surface area contributed by atoms with Gasteiger partial charge in [-0.1, -0.05) is 63.1 Å². The Bertz CT molecular complexity index is 910. The molecule has 4 aliphatic carbocycles. The molecule has 0 aromatic heterocycles. The first kappa shape index (κ1) is 25.3. The second-order valence-corrected chi connectivity index (χ2v) is 18.6. The minimum atomic E-state index is -1.62. The van der Waals surface area contributed by atoms with Crippen molar-refractivity contribution in [1.82, 2.24) is 0 Å². The molecule has 9 atom stereocenters. The van der Waals surface area contributed by atoms with Crippen molar-refractivity contribution in [3.63, 3.8) is 0 Å². The molecule has 0 saturated heterocycles. The third-order valence-electron chi connectivity index (χ3n) is 12.8. The lowest BCUT2D eigenvalue weighted by atomic mass is 9.67. The van der Waals surface area contributed by atoms with E-state index in [4.69, 9.17) is 0 Å². The van der Waals surface area contributed by atoms with Crippen molar-refractivity contribution >= 4 is 8.07 Å². The van der Waals surface area contributed by atoms with Crippen molar-refractivity contribution in [1.29, 1.82) is 0 Å². The third kappa shape index (κ3) is 3.19.